The van der Waals surface area contributed by atoms with Crippen LogP contribution in [0.25, 0.3) is 0 Å². The van der Waals surface area contributed by atoms with Crippen LogP contribution in [0.4, 0.5) is 0 Å². The Kier molecular flexibility index (Phi) is 43.3. The first-order valence-electron chi connectivity index (χ1n) is 24.2. The monoisotopic (exact) mass is 810 g/mol. The van der Waals surface area contributed by atoms with Crippen molar-refractivity contribution in [2.45, 2.75) is 238 Å². The molecule has 0 fully saturated rings. The maximum absolute atomic E-state index is 13.2. The largest absolute Gasteiger partial charge is 0.462 e. The fourth-order valence-corrected chi connectivity index (χ4v) is 6.91. The van der Waals surface area contributed by atoms with Gasteiger partial charge < -0.3 is 20.3 Å². The molecule has 0 aromatic carbocycles. The molecule has 3 atom stereocenters. The Hall–Kier alpha value is -2.70. The third kappa shape index (κ3) is 40.1. The molecule has 0 aromatic rings. The molecule has 0 spiro atoms. The standard InChI is InChI=1S/C52H91NO5/c1-4-7-10-13-16-19-22-24-25-26-27-29-31-34-37-40-43-48(58-52(57)45-42-39-36-33-28-21-18-15-12-9-6-3)46-51(56)53-49(47-54)50(55)44-41-38-35-32-30-23-20-17-14-11-8-5-2/h10,13,15-16,18-19,22,24-27,29,48-50,54-55H,4-9,11-12,14,17,20-21,23,28,30-47H2,1-3H3,(H,53,56)/b13-10+,18-15-,19-16+,24-22+,26-25+,29-27+. The van der Waals surface area contributed by atoms with Gasteiger partial charge in [0.1, 0.15) is 6.10 Å². The number of allylic oxidation sites excluding steroid dienone is 12. The zero-order valence-corrected chi connectivity index (χ0v) is 37.9. The van der Waals surface area contributed by atoms with Gasteiger partial charge in [0.15, 0.2) is 0 Å². The van der Waals surface area contributed by atoms with Crippen molar-refractivity contribution in [3.8, 4) is 0 Å². The molecule has 6 heteroatoms. The first-order valence-corrected chi connectivity index (χ1v) is 24.2. The van der Waals surface area contributed by atoms with Gasteiger partial charge >= 0.3 is 5.97 Å². The molecule has 6 nitrogen and oxygen atoms in total. The van der Waals surface area contributed by atoms with Gasteiger partial charge in [0.25, 0.3) is 0 Å². The summed E-state index contributed by atoms with van der Waals surface area (Å²) in [6, 6.07) is -0.719. The molecule has 0 saturated carbocycles. The second-order valence-corrected chi connectivity index (χ2v) is 16.3. The summed E-state index contributed by atoms with van der Waals surface area (Å²) in [5, 5.41) is 23.7. The van der Waals surface area contributed by atoms with E-state index in [9.17, 15) is 19.8 Å². The molecular weight excluding hydrogens is 719 g/mol. The number of rotatable bonds is 42. The molecule has 0 rings (SSSR count). The maximum Gasteiger partial charge on any atom is 0.306 e. The molecular formula is C52H91NO5. The highest BCUT2D eigenvalue weighted by Gasteiger charge is 2.24. The van der Waals surface area contributed by atoms with Crippen molar-refractivity contribution in [1.29, 1.82) is 0 Å². The van der Waals surface area contributed by atoms with E-state index in [1.165, 1.54) is 96.3 Å². The minimum atomic E-state index is -0.802. The zero-order chi connectivity index (χ0) is 42.4. The van der Waals surface area contributed by atoms with Crippen molar-refractivity contribution in [3.63, 3.8) is 0 Å². The number of amides is 1. The predicted molar refractivity (Wildman–Crippen MR) is 250 cm³/mol. The smallest absolute Gasteiger partial charge is 0.306 e. The van der Waals surface area contributed by atoms with Crippen LogP contribution < -0.4 is 5.32 Å². The zero-order valence-electron chi connectivity index (χ0n) is 37.9. The number of carbonyl (C=O) groups excluding carboxylic acids is 2. The molecule has 0 aliphatic carbocycles. The molecule has 58 heavy (non-hydrogen) atoms. The predicted octanol–water partition coefficient (Wildman–Crippen LogP) is 14.2. The molecule has 334 valence electrons. The van der Waals surface area contributed by atoms with Gasteiger partial charge in [-0.1, -0.05) is 216 Å². The number of hydrogen-bond donors (Lipinski definition) is 3. The molecule has 3 N–H and O–H groups in total. The number of esters is 1. The van der Waals surface area contributed by atoms with Crippen LogP contribution in [0.2, 0.25) is 0 Å². The van der Waals surface area contributed by atoms with Crippen molar-refractivity contribution >= 4 is 11.9 Å². The number of carbonyl (C=O) groups is 2. The average Bonchev–Trinajstić information content (AvgIpc) is 3.22. The number of unbranched alkanes of at least 4 members (excludes halogenated alkanes) is 22. The lowest BCUT2D eigenvalue weighted by molar-refractivity contribution is -0.151. The molecule has 0 bridgehead atoms. The van der Waals surface area contributed by atoms with Gasteiger partial charge in [-0.05, 0) is 64.2 Å². The van der Waals surface area contributed by atoms with E-state index < -0.39 is 18.2 Å². The Labute approximate surface area is 358 Å². The summed E-state index contributed by atoms with van der Waals surface area (Å²) >= 11 is 0. The number of ether oxygens (including phenoxy) is 1. The Morgan fingerprint density at radius 1 is 0.500 bits per heavy atom. The van der Waals surface area contributed by atoms with Gasteiger partial charge in [-0.15, -0.1) is 0 Å². The molecule has 1 amide bonds. The molecule has 0 saturated heterocycles. The molecule has 0 heterocycles. The summed E-state index contributed by atoms with van der Waals surface area (Å²) in [6.45, 7) is 6.33. The average molecular weight is 810 g/mol. The van der Waals surface area contributed by atoms with Crippen LogP contribution in [-0.4, -0.2) is 46.9 Å². The van der Waals surface area contributed by atoms with Crippen LogP contribution in [0.5, 0.6) is 0 Å². The lowest BCUT2D eigenvalue weighted by atomic mass is 10.0. The van der Waals surface area contributed by atoms with E-state index in [1.807, 2.05) is 36.5 Å². The Morgan fingerprint density at radius 2 is 0.948 bits per heavy atom. The molecule has 0 aromatic heterocycles. The summed E-state index contributed by atoms with van der Waals surface area (Å²) in [5.74, 6) is -0.531. The highest BCUT2D eigenvalue weighted by atomic mass is 16.5. The van der Waals surface area contributed by atoms with Gasteiger partial charge in [-0.2, -0.15) is 0 Å². The maximum atomic E-state index is 13.2. The Balaban J connectivity index is 4.72. The van der Waals surface area contributed by atoms with Gasteiger partial charge in [0.05, 0.1) is 25.2 Å². The molecule has 0 aliphatic rings. The lowest BCUT2D eigenvalue weighted by Gasteiger charge is -2.24. The number of aliphatic hydroxyl groups excluding tert-OH is 2. The van der Waals surface area contributed by atoms with E-state index in [0.717, 1.165) is 77.0 Å². The van der Waals surface area contributed by atoms with E-state index in [4.69, 9.17) is 4.74 Å². The van der Waals surface area contributed by atoms with E-state index >= 15 is 0 Å². The van der Waals surface area contributed by atoms with Gasteiger partial charge in [0, 0.05) is 6.42 Å². The van der Waals surface area contributed by atoms with E-state index in [0.29, 0.717) is 19.3 Å². The third-order valence-electron chi connectivity index (χ3n) is 10.6. The highest BCUT2D eigenvalue weighted by Crippen LogP contribution is 2.17. The SMILES string of the molecule is CCC/C=C/C=C/C=C/C=C/C=C/CCCCCC(CC(=O)NC(CO)C(O)CCCCCCCCCCCCCC)OC(=O)CCCCCCC/C=C\CCCC. The fourth-order valence-electron chi connectivity index (χ4n) is 6.91. The van der Waals surface area contributed by atoms with E-state index in [2.05, 4.69) is 62.5 Å². The van der Waals surface area contributed by atoms with Crippen molar-refractivity contribution in [2.75, 3.05) is 6.61 Å². The fraction of sp³-hybridized carbons (Fsp3) is 0.731. The number of aliphatic hydroxyl groups is 2. The summed E-state index contributed by atoms with van der Waals surface area (Å²) in [5.41, 5.74) is 0. The van der Waals surface area contributed by atoms with Gasteiger partial charge in [0.2, 0.25) is 5.91 Å². The molecule has 0 radical (unpaired) electrons. The first-order chi connectivity index (χ1) is 28.5. The van der Waals surface area contributed by atoms with E-state index in [-0.39, 0.29) is 24.9 Å². The third-order valence-corrected chi connectivity index (χ3v) is 10.6. The van der Waals surface area contributed by atoms with Gasteiger partial charge in [-0.3, -0.25) is 9.59 Å². The normalized spacial score (nSPS) is 13.9. The number of hydrogen-bond acceptors (Lipinski definition) is 5. The van der Waals surface area contributed by atoms with Gasteiger partial charge in [-0.25, -0.2) is 0 Å². The second-order valence-electron chi connectivity index (χ2n) is 16.3. The Morgan fingerprint density at radius 3 is 1.52 bits per heavy atom. The van der Waals surface area contributed by atoms with Crippen molar-refractivity contribution in [2.24, 2.45) is 0 Å². The summed E-state index contributed by atoms with van der Waals surface area (Å²) < 4.78 is 5.89. The van der Waals surface area contributed by atoms with Crippen molar-refractivity contribution in [1.82, 2.24) is 5.32 Å². The highest BCUT2D eigenvalue weighted by molar-refractivity contribution is 5.77. The minimum absolute atomic E-state index is 0.0434. The minimum Gasteiger partial charge on any atom is -0.462 e. The Bertz CT molecular complexity index is 1090. The summed E-state index contributed by atoms with van der Waals surface area (Å²) in [4.78, 5) is 26.0. The van der Waals surface area contributed by atoms with Crippen molar-refractivity contribution in [3.05, 3.63) is 72.9 Å². The number of nitrogens with one attached hydrogen (secondary N) is 1. The summed E-state index contributed by atoms with van der Waals surface area (Å²) in [6.07, 6.45) is 56.6. The van der Waals surface area contributed by atoms with Crippen LogP contribution >= 0.6 is 0 Å². The van der Waals surface area contributed by atoms with E-state index in [1.54, 1.807) is 0 Å². The first kappa shape index (κ1) is 55.3. The van der Waals surface area contributed by atoms with Crippen LogP contribution in [0.15, 0.2) is 72.9 Å². The lowest BCUT2D eigenvalue weighted by Crippen LogP contribution is -2.46. The summed E-state index contributed by atoms with van der Waals surface area (Å²) in [7, 11) is 0. The topological polar surface area (TPSA) is 95.9 Å². The van der Waals surface area contributed by atoms with Crippen LogP contribution in [0.1, 0.15) is 220 Å². The van der Waals surface area contributed by atoms with Crippen molar-refractivity contribution < 1.29 is 24.5 Å². The molecule has 0 aliphatic heterocycles. The van der Waals surface area contributed by atoms with Crippen LogP contribution in [-0.2, 0) is 14.3 Å². The van der Waals surface area contributed by atoms with Crippen LogP contribution in [0.3, 0.4) is 0 Å². The second kappa shape index (κ2) is 45.4. The molecule has 3 unspecified atom stereocenters. The van der Waals surface area contributed by atoms with Crippen LogP contribution in [0, 0.1) is 0 Å². The quantitative estimate of drug-likeness (QED) is 0.0247.